The van der Waals surface area contributed by atoms with E-state index in [2.05, 4.69) is 62.5 Å². The Morgan fingerprint density at radius 2 is 1.02 bits per heavy atom. The van der Waals surface area contributed by atoms with Gasteiger partial charge in [0.05, 0.1) is 34.4 Å². The van der Waals surface area contributed by atoms with Crippen LogP contribution in [0.2, 0.25) is 0 Å². The Morgan fingerprint density at radius 1 is 0.561 bits per heavy atom. The molecule has 334 valence electrons. The summed E-state index contributed by atoms with van der Waals surface area (Å²) in [5.41, 5.74) is 0. The molecule has 2 atom stereocenters. The van der Waals surface area contributed by atoms with Crippen LogP contribution >= 0.6 is 7.82 Å². The van der Waals surface area contributed by atoms with Gasteiger partial charge in [0.2, 0.25) is 0 Å². The first kappa shape index (κ1) is 55.5. The van der Waals surface area contributed by atoms with E-state index in [0.29, 0.717) is 24.1 Å². The number of unbranched alkanes of at least 4 members (excludes halogenated alkanes) is 21. The summed E-state index contributed by atoms with van der Waals surface area (Å²) in [4.78, 5) is 25.1. The third-order valence-electron chi connectivity index (χ3n) is 9.86. The summed E-state index contributed by atoms with van der Waals surface area (Å²) in [7, 11) is 1.34. The van der Waals surface area contributed by atoms with Gasteiger partial charge in [-0.25, -0.2) is 0 Å². The third-order valence-corrected chi connectivity index (χ3v) is 10.8. The van der Waals surface area contributed by atoms with Gasteiger partial charge in [-0.05, 0) is 70.6 Å². The van der Waals surface area contributed by atoms with E-state index in [1.807, 2.05) is 21.1 Å². The Labute approximate surface area is 352 Å². The average molecular weight is 824 g/mol. The molecule has 0 aliphatic rings. The molecular weight excluding hydrogens is 734 g/mol. The highest BCUT2D eigenvalue weighted by Gasteiger charge is 2.20. The number of ether oxygens (including phenoxy) is 2. The number of likely N-dealkylation sites (N-methyl/N-ethyl adjacent to an activating group) is 1. The highest BCUT2D eigenvalue weighted by Crippen LogP contribution is 2.38. The van der Waals surface area contributed by atoms with Crippen molar-refractivity contribution >= 4 is 13.8 Å². The number of carbonyl (C=O) groups excluding carboxylic acids is 1. The number of carbonyl (C=O) groups is 1. The molecule has 9 heteroatoms. The van der Waals surface area contributed by atoms with Crippen LogP contribution in [0.3, 0.4) is 0 Å². The van der Waals surface area contributed by atoms with Crippen LogP contribution in [0.1, 0.15) is 194 Å². The molecule has 2 unspecified atom stereocenters. The minimum Gasteiger partial charge on any atom is -0.756 e. The fourth-order valence-electron chi connectivity index (χ4n) is 6.26. The lowest BCUT2D eigenvalue weighted by Crippen LogP contribution is -2.37. The number of phosphoric acid groups is 1. The maximum Gasteiger partial charge on any atom is 0.306 e. The first-order valence-electron chi connectivity index (χ1n) is 23.4. The molecule has 0 rings (SSSR count). The molecular formula is C48H90NO7P. The van der Waals surface area contributed by atoms with Crippen LogP contribution in [0.5, 0.6) is 0 Å². The fourth-order valence-corrected chi connectivity index (χ4v) is 6.99. The standard InChI is InChI=1S/C48H90NO7P/c1-6-8-10-12-14-16-18-20-22-24-25-26-27-29-31-33-35-37-39-41-48(50)56-47(46-55-57(51,52)54-44-42-49(3,4)5)45-53-43-40-38-36-34-32-30-28-23-21-19-17-15-13-11-9-7-2/h9,11,15,17,20-23,47H,6-8,10,12-14,16,18-19,24-46H2,1-5H3/b11-9-,17-15-,22-20-,23-21-. The number of rotatable bonds is 43. The van der Waals surface area contributed by atoms with E-state index in [1.54, 1.807) is 0 Å². The largest absolute Gasteiger partial charge is 0.756 e. The van der Waals surface area contributed by atoms with Crippen molar-refractivity contribution in [2.45, 2.75) is 200 Å². The predicted octanol–water partition coefficient (Wildman–Crippen LogP) is 13.3. The molecule has 0 aliphatic carbocycles. The van der Waals surface area contributed by atoms with Crippen LogP contribution in [0, 0.1) is 0 Å². The molecule has 0 spiro atoms. The van der Waals surface area contributed by atoms with E-state index < -0.39 is 13.9 Å². The summed E-state index contributed by atoms with van der Waals surface area (Å²) < 4.78 is 34.6. The van der Waals surface area contributed by atoms with Crippen molar-refractivity contribution in [2.24, 2.45) is 0 Å². The number of phosphoric ester groups is 1. The molecule has 0 aromatic heterocycles. The monoisotopic (exact) mass is 824 g/mol. The Bertz CT molecular complexity index is 1050. The van der Waals surface area contributed by atoms with E-state index in [0.717, 1.165) is 64.2 Å². The molecule has 0 aromatic carbocycles. The lowest BCUT2D eigenvalue weighted by atomic mass is 10.1. The summed E-state index contributed by atoms with van der Waals surface area (Å²) >= 11 is 0. The summed E-state index contributed by atoms with van der Waals surface area (Å²) in [6, 6.07) is 0. The quantitative estimate of drug-likeness (QED) is 0.0199. The molecule has 0 amide bonds. The minimum absolute atomic E-state index is 0.0218. The fraction of sp³-hybridized carbons (Fsp3) is 0.812. The van der Waals surface area contributed by atoms with Crippen LogP contribution in [0.4, 0.5) is 0 Å². The zero-order valence-electron chi connectivity index (χ0n) is 37.8. The zero-order valence-corrected chi connectivity index (χ0v) is 38.7. The number of esters is 1. The Balaban J connectivity index is 4.21. The molecule has 8 nitrogen and oxygen atoms in total. The second-order valence-corrected chi connectivity index (χ2v) is 18.1. The SMILES string of the molecule is CC/C=C\C/C=C\C/C=C\CCCCCCCCOCC(COP(=O)([O-])OCC[N+](C)(C)C)OC(=O)CCCCCCCCCCC/C=C\CCCCCCCC. The van der Waals surface area contributed by atoms with Crippen molar-refractivity contribution in [2.75, 3.05) is 54.1 Å². The number of hydrogen-bond acceptors (Lipinski definition) is 7. The molecule has 0 bridgehead atoms. The van der Waals surface area contributed by atoms with Crippen molar-refractivity contribution in [1.29, 1.82) is 0 Å². The first-order valence-corrected chi connectivity index (χ1v) is 24.8. The van der Waals surface area contributed by atoms with Crippen LogP contribution in [0.25, 0.3) is 0 Å². The molecule has 0 fully saturated rings. The van der Waals surface area contributed by atoms with Gasteiger partial charge in [-0.2, -0.15) is 0 Å². The number of hydrogen-bond donors (Lipinski definition) is 0. The smallest absolute Gasteiger partial charge is 0.306 e. The molecule has 57 heavy (non-hydrogen) atoms. The van der Waals surface area contributed by atoms with E-state index in [-0.39, 0.29) is 25.8 Å². The summed E-state index contributed by atoms with van der Waals surface area (Å²) in [6.07, 6.45) is 49.8. The van der Waals surface area contributed by atoms with Gasteiger partial charge >= 0.3 is 5.97 Å². The molecule has 0 radical (unpaired) electrons. The molecule has 0 saturated heterocycles. The van der Waals surface area contributed by atoms with Crippen LogP contribution in [-0.2, 0) is 27.9 Å². The van der Waals surface area contributed by atoms with E-state index in [1.165, 1.54) is 109 Å². The Kier molecular flexibility index (Phi) is 40.1. The average Bonchev–Trinajstić information content (AvgIpc) is 3.16. The molecule has 0 saturated carbocycles. The van der Waals surface area contributed by atoms with Gasteiger partial charge < -0.3 is 27.9 Å². The van der Waals surface area contributed by atoms with Crippen molar-refractivity contribution in [3.05, 3.63) is 48.6 Å². The van der Waals surface area contributed by atoms with Crippen molar-refractivity contribution in [1.82, 2.24) is 0 Å². The molecule has 0 aromatic rings. The zero-order chi connectivity index (χ0) is 42.0. The highest BCUT2D eigenvalue weighted by atomic mass is 31.2. The Morgan fingerprint density at radius 3 is 1.54 bits per heavy atom. The van der Waals surface area contributed by atoms with E-state index in [4.69, 9.17) is 18.5 Å². The predicted molar refractivity (Wildman–Crippen MR) is 240 cm³/mol. The number of allylic oxidation sites excluding steroid dienone is 8. The van der Waals surface area contributed by atoms with Gasteiger partial charge in [-0.15, -0.1) is 0 Å². The Hall–Kier alpha value is -1.54. The van der Waals surface area contributed by atoms with Gasteiger partial charge in [0.1, 0.15) is 19.3 Å². The second-order valence-electron chi connectivity index (χ2n) is 16.7. The maximum atomic E-state index is 12.7. The van der Waals surface area contributed by atoms with Crippen LogP contribution in [0.15, 0.2) is 48.6 Å². The number of nitrogens with zero attached hydrogens (tertiary/aromatic N) is 1. The van der Waals surface area contributed by atoms with Crippen molar-refractivity contribution in [3.63, 3.8) is 0 Å². The molecule has 0 heterocycles. The lowest BCUT2D eigenvalue weighted by Gasteiger charge is -2.28. The van der Waals surface area contributed by atoms with Gasteiger partial charge in [0, 0.05) is 13.0 Å². The van der Waals surface area contributed by atoms with Crippen molar-refractivity contribution in [3.8, 4) is 0 Å². The summed E-state index contributed by atoms with van der Waals surface area (Å²) in [5, 5.41) is 0. The van der Waals surface area contributed by atoms with Gasteiger partial charge in [0.15, 0.2) is 0 Å². The lowest BCUT2D eigenvalue weighted by molar-refractivity contribution is -0.870. The van der Waals surface area contributed by atoms with E-state index >= 15 is 0 Å². The topological polar surface area (TPSA) is 94.1 Å². The third kappa shape index (κ3) is 45.4. The van der Waals surface area contributed by atoms with Crippen LogP contribution < -0.4 is 4.89 Å². The van der Waals surface area contributed by atoms with Gasteiger partial charge in [-0.3, -0.25) is 9.36 Å². The normalized spacial score (nSPS) is 14.1. The molecule has 0 aliphatic heterocycles. The van der Waals surface area contributed by atoms with Gasteiger partial charge in [-0.1, -0.05) is 165 Å². The van der Waals surface area contributed by atoms with Crippen LogP contribution in [-0.4, -0.2) is 70.7 Å². The highest BCUT2D eigenvalue weighted by molar-refractivity contribution is 7.45. The summed E-state index contributed by atoms with van der Waals surface area (Å²) in [5.74, 6) is -0.342. The minimum atomic E-state index is -4.53. The van der Waals surface area contributed by atoms with Gasteiger partial charge in [0.25, 0.3) is 7.82 Å². The van der Waals surface area contributed by atoms with Crippen molar-refractivity contribution < 1.29 is 37.3 Å². The van der Waals surface area contributed by atoms with E-state index in [9.17, 15) is 14.3 Å². The first-order chi connectivity index (χ1) is 27.6. The number of quaternary nitrogens is 1. The summed E-state index contributed by atoms with van der Waals surface area (Å²) in [6.45, 7) is 5.27. The maximum absolute atomic E-state index is 12.7. The second kappa shape index (κ2) is 41.2. The molecule has 0 N–H and O–H groups in total.